The Labute approximate surface area is 177 Å². The van der Waals surface area contributed by atoms with Crippen molar-refractivity contribution in [2.75, 3.05) is 32.5 Å². The maximum absolute atomic E-state index is 12.5. The van der Waals surface area contributed by atoms with Gasteiger partial charge in [0.2, 0.25) is 17.7 Å². The molecular weight excluding hydrogens is 380 g/mol. The van der Waals surface area contributed by atoms with Gasteiger partial charge in [0, 0.05) is 48.8 Å². The third kappa shape index (κ3) is 4.12. The van der Waals surface area contributed by atoms with Gasteiger partial charge in [-0.15, -0.1) is 0 Å². The average molecular weight is 411 g/mol. The first-order valence-corrected chi connectivity index (χ1v) is 10.8. The van der Waals surface area contributed by atoms with Crippen LogP contribution in [0.3, 0.4) is 0 Å². The smallest absolute Gasteiger partial charge is 0.233 e. The number of carbonyl (C=O) groups is 3. The molecule has 4 rings (SSSR count). The van der Waals surface area contributed by atoms with Crippen LogP contribution in [0.4, 0.5) is 5.69 Å². The molecule has 1 saturated heterocycles. The Kier molecular flexibility index (Phi) is 5.90. The number of benzene rings is 1. The van der Waals surface area contributed by atoms with E-state index in [2.05, 4.69) is 35.1 Å². The van der Waals surface area contributed by atoms with E-state index < -0.39 is 0 Å². The lowest BCUT2D eigenvalue weighted by atomic mass is 9.81. The minimum Gasteiger partial charge on any atom is -0.346 e. The van der Waals surface area contributed by atoms with Gasteiger partial charge in [-0.25, -0.2) is 0 Å². The molecule has 1 aliphatic carbocycles. The van der Waals surface area contributed by atoms with Gasteiger partial charge in [-0.2, -0.15) is 0 Å². The van der Waals surface area contributed by atoms with Gasteiger partial charge in [-0.1, -0.05) is 12.8 Å². The van der Waals surface area contributed by atoms with Crippen molar-refractivity contribution in [2.45, 2.75) is 38.6 Å². The van der Waals surface area contributed by atoms with Crippen LogP contribution in [0.2, 0.25) is 0 Å². The largest absolute Gasteiger partial charge is 0.346 e. The number of carbonyl (C=O) groups excluding carboxylic acids is 3. The van der Waals surface area contributed by atoms with Crippen molar-refractivity contribution >= 4 is 34.3 Å². The number of likely N-dealkylation sites (N-methyl/N-ethyl adjacent to an activating group) is 1. The fraction of sp³-hybridized carbons (Fsp3) is 0.522. The first-order chi connectivity index (χ1) is 14.4. The van der Waals surface area contributed by atoms with Crippen LogP contribution in [0.15, 0.2) is 30.5 Å². The molecule has 1 N–H and O–H groups in total. The molecule has 0 spiro atoms. The van der Waals surface area contributed by atoms with E-state index >= 15 is 0 Å². The number of nitrogens with zero attached hydrogens (tertiary/aromatic N) is 3. The quantitative estimate of drug-likeness (QED) is 0.712. The molecular formula is C23H30N4O3. The Hall–Kier alpha value is -2.67. The summed E-state index contributed by atoms with van der Waals surface area (Å²) in [6, 6.07) is 7.91. The Balaban J connectivity index is 1.34. The van der Waals surface area contributed by atoms with Gasteiger partial charge in [0.05, 0.1) is 11.8 Å². The highest BCUT2D eigenvalue weighted by Gasteiger charge is 2.47. The summed E-state index contributed by atoms with van der Waals surface area (Å²) in [6.45, 7) is 2.03. The average Bonchev–Trinajstić information content (AvgIpc) is 3.24. The second kappa shape index (κ2) is 8.60. The van der Waals surface area contributed by atoms with Gasteiger partial charge in [0.25, 0.3) is 0 Å². The van der Waals surface area contributed by atoms with Gasteiger partial charge in [0.1, 0.15) is 0 Å². The Morgan fingerprint density at radius 3 is 2.43 bits per heavy atom. The number of likely N-dealkylation sites (tertiary alicyclic amines) is 1. The van der Waals surface area contributed by atoms with Crippen molar-refractivity contribution < 1.29 is 14.4 Å². The lowest BCUT2D eigenvalue weighted by Gasteiger charge is -2.19. The second-order valence-electron chi connectivity index (χ2n) is 8.71. The van der Waals surface area contributed by atoms with Crippen LogP contribution in [0.5, 0.6) is 0 Å². The molecule has 3 amide bonds. The van der Waals surface area contributed by atoms with Crippen LogP contribution < -0.4 is 5.32 Å². The first kappa shape index (κ1) is 20.6. The summed E-state index contributed by atoms with van der Waals surface area (Å²) in [6.07, 6.45) is 5.79. The summed E-state index contributed by atoms with van der Waals surface area (Å²) >= 11 is 0. The summed E-state index contributed by atoms with van der Waals surface area (Å²) in [4.78, 5) is 41.0. The monoisotopic (exact) mass is 410 g/mol. The number of fused-ring (bicyclic) bond motifs is 2. The molecule has 30 heavy (non-hydrogen) atoms. The number of rotatable bonds is 7. The van der Waals surface area contributed by atoms with Crippen molar-refractivity contribution in [1.82, 2.24) is 14.4 Å². The molecule has 0 bridgehead atoms. The zero-order valence-electron chi connectivity index (χ0n) is 17.8. The molecule has 1 aromatic carbocycles. The van der Waals surface area contributed by atoms with Gasteiger partial charge >= 0.3 is 0 Å². The number of hydrogen-bond acceptors (Lipinski definition) is 4. The van der Waals surface area contributed by atoms with Crippen LogP contribution in [0, 0.1) is 11.8 Å². The van der Waals surface area contributed by atoms with Crippen LogP contribution in [-0.2, 0) is 20.9 Å². The highest BCUT2D eigenvalue weighted by atomic mass is 16.2. The van der Waals surface area contributed by atoms with Crippen LogP contribution in [0.25, 0.3) is 10.9 Å². The topological polar surface area (TPSA) is 74.7 Å². The zero-order valence-corrected chi connectivity index (χ0v) is 17.8. The van der Waals surface area contributed by atoms with E-state index in [0.29, 0.717) is 0 Å². The molecule has 0 radical (unpaired) electrons. The molecule has 1 aromatic heterocycles. The summed E-state index contributed by atoms with van der Waals surface area (Å²) < 4.78 is 2.20. The van der Waals surface area contributed by atoms with Crippen molar-refractivity contribution in [3.8, 4) is 0 Å². The second-order valence-corrected chi connectivity index (χ2v) is 8.71. The van der Waals surface area contributed by atoms with E-state index in [1.807, 2.05) is 24.3 Å². The molecule has 2 heterocycles. The molecule has 2 atom stereocenters. The number of imide groups is 1. The molecule has 7 nitrogen and oxygen atoms in total. The lowest BCUT2D eigenvalue weighted by molar-refractivity contribution is -0.140. The highest BCUT2D eigenvalue weighted by Crippen LogP contribution is 2.38. The van der Waals surface area contributed by atoms with Crippen molar-refractivity contribution in [2.24, 2.45) is 11.8 Å². The number of amides is 3. The summed E-state index contributed by atoms with van der Waals surface area (Å²) in [5.41, 5.74) is 1.86. The summed E-state index contributed by atoms with van der Waals surface area (Å²) in [7, 11) is 4.10. The summed E-state index contributed by atoms with van der Waals surface area (Å²) in [5.74, 6) is -0.672. The molecule has 7 heteroatoms. The minimum atomic E-state index is -0.183. The number of nitrogens with one attached hydrogen (secondary N) is 1. The van der Waals surface area contributed by atoms with Gasteiger partial charge in [-0.05, 0) is 51.2 Å². The van der Waals surface area contributed by atoms with E-state index in [1.54, 1.807) is 0 Å². The molecule has 2 unspecified atom stereocenters. The number of aromatic nitrogens is 1. The fourth-order valence-corrected chi connectivity index (χ4v) is 4.67. The van der Waals surface area contributed by atoms with E-state index in [1.165, 1.54) is 4.90 Å². The van der Waals surface area contributed by atoms with Crippen molar-refractivity contribution in [3.63, 3.8) is 0 Å². The molecule has 2 aliphatic rings. The Bertz CT molecular complexity index is 941. The Morgan fingerprint density at radius 1 is 1.07 bits per heavy atom. The normalized spacial score (nSPS) is 21.5. The third-order valence-corrected chi connectivity index (χ3v) is 6.34. The third-order valence-electron chi connectivity index (χ3n) is 6.34. The van der Waals surface area contributed by atoms with Gasteiger partial charge in [-0.3, -0.25) is 19.3 Å². The molecule has 2 fully saturated rings. The van der Waals surface area contributed by atoms with Crippen molar-refractivity contribution in [3.05, 3.63) is 30.5 Å². The highest BCUT2D eigenvalue weighted by molar-refractivity contribution is 6.05. The predicted octanol–water partition coefficient (Wildman–Crippen LogP) is 2.71. The van der Waals surface area contributed by atoms with Crippen LogP contribution in [0.1, 0.15) is 32.1 Å². The van der Waals surface area contributed by atoms with Gasteiger partial charge < -0.3 is 14.8 Å². The van der Waals surface area contributed by atoms with E-state index in [-0.39, 0.29) is 42.5 Å². The first-order valence-electron chi connectivity index (χ1n) is 10.8. The standard InChI is InChI=1S/C23H30N4O3/c1-25(2)13-14-26-11-9-16-15-17(7-8-20(16)26)24-21(28)10-12-27-22(29)18-5-3-4-6-19(18)23(27)30/h7-9,11,15,18-19H,3-6,10,12-14H2,1-2H3,(H,24,28). The maximum Gasteiger partial charge on any atom is 0.233 e. The van der Waals surface area contributed by atoms with Crippen LogP contribution in [-0.4, -0.2) is 59.3 Å². The minimum absolute atomic E-state index is 0.0852. The molecule has 1 aliphatic heterocycles. The lowest BCUT2D eigenvalue weighted by Crippen LogP contribution is -2.34. The Morgan fingerprint density at radius 2 is 1.77 bits per heavy atom. The zero-order chi connectivity index (χ0) is 21.3. The number of anilines is 1. The van der Waals surface area contributed by atoms with Gasteiger partial charge in [0.15, 0.2) is 0 Å². The van der Waals surface area contributed by atoms with Crippen molar-refractivity contribution in [1.29, 1.82) is 0 Å². The molecule has 1 saturated carbocycles. The fourth-order valence-electron chi connectivity index (χ4n) is 4.67. The maximum atomic E-state index is 12.5. The van der Waals surface area contributed by atoms with E-state index in [9.17, 15) is 14.4 Å². The van der Waals surface area contributed by atoms with Crippen LogP contribution >= 0.6 is 0 Å². The predicted molar refractivity (Wildman–Crippen MR) is 116 cm³/mol. The van der Waals surface area contributed by atoms with E-state index in [0.717, 1.165) is 55.4 Å². The van der Waals surface area contributed by atoms with E-state index in [4.69, 9.17) is 0 Å². The molecule has 160 valence electrons. The molecule has 2 aromatic rings. The number of hydrogen-bond donors (Lipinski definition) is 1. The SMILES string of the molecule is CN(C)CCn1ccc2cc(NC(=O)CCN3C(=O)C4CCCCC4C3=O)ccc21. The summed E-state index contributed by atoms with van der Waals surface area (Å²) in [5, 5.41) is 3.97.